The molecule has 0 atom stereocenters. The summed E-state index contributed by atoms with van der Waals surface area (Å²) in [5.41, 5.74) is 0.655. The number of hydrogen-bond donors (Lipinski definition) is 1. The van der Waals surface area contributed by atoms with Crippen molar-refractivity contribution in [2.75, 3.05) is 11.1 Å². The van der Waals surface area contributed by atoms with Crippen LogP contribution in [0.15, 0.2) is 72.4 Å². The molecule has 6 nitrogen and oxygen atoms in total. The Morgan fingerprint density at radius 1 is 1.21 bits per heavy atom. The molecular weight excluding hydrogens is 396 g/mol. The Balaban J connectivity index is 1.60. The van der Waals surface area contributed by atoms with E-state index in [-0.39, 0.29) is 18.3 Å². The van der Waals surface area contributed by atoms with Gasteiger partial charge in [-0.3, -0.25) is 9.36 Å². The minimum absolute atomic E-state index is 0.150. The number of rotatable bonds is 9. The van der Waals surface area contributed by atoms with Crippen molar-refractivity contribution in [3.8, 4) is 5.75 Å². The van der Waals surface area contributed by atoms with E-state index in [9.17, 15) is 4.79 Å². The summed E-state index contributed by atoms with van der Waals surface area (Å²) < 4.78 is 7.63. The predicted molar refractivity (Wildman–Crippen MR) is 112 cm³/mol. The van der Waals surface area contributed by atoms with E-state index in [0.717, 1.165) is 5.75 Å². The molecule has 0 spiro atoms. The highest BCUT2D eigenvalue weighted by Crippen LogP contribution is 2.20. The minimum atomic E-state index is -0.150. The Morgan fingerprint density at radius 2 is 2.04 bits per heavy atom. The summed E-state index contributed by atoms with van der Waals surface area (Å²) in [6, 6.07) is 16.5. The van der Waals surface area contributed by atoms with E-state index in [1.54, 1.807) is 30.3 Å². The maximum absolute atomic E-state index is 12.2. The lowest BCUT2D eigenvalue weighted by Crippen LogP contribution is -2.15. The molecule has 0 bridgehead atoms. The predicted octanol–water partition coefficient (Wildman–Crippen LogP) is 4.43. The quantitative estimate of drug-likeness (QED) is 0.414. The molecular formula is C20H19ClN4O2S. The highest BCUT2D eigenvalue weighted by molar-refractivity contribution is 7.99. The number of nitrogens with one attached hydrogen (secondary N) is 1. The van der Waals surface area contributed by atoms with Gasteiger partial charge in [0, 0.05) is 17.3 Å². The van der Waals surface area contributed by atoms with Crippen LogP contribution in [0.25, 0.3) is 0 Å². The number of aromatic nitrogens is 3. The fraction of sp³-hybridized carbons (Fsp3) is 0.150. The summed E-state index contributed by atoms with van der Waals surface area (Å²) in [5, 5.41) is 12.4. The summed E-state index contributed by atoms with van der Waals surface area (Å²) >= 11 is 7.24. The molecule has 28 heavy (non-hydrogen) atoms. The van der Waals surface area contributed by atoms with Crippen LogP contribution in [0.5, 0.6) is 5.75 Å². The molecule has 3 rings (SSSR count). The molecule has 0 saturated heterocycles. The SMILES string of the molecule is C=CCn1c(COc2ccccc2)nnc1SCC(=O)Nc1cccc(Cl)c1. The molecule has 1 amide bonds. The number of halogens is 1. The van der Waals surface area contributed by atoms with Crippen molar-refractivity contribution in [2.45, 2.75) is 18.3 Å². The molecule has 8 heteroatoms. The number of anilines is 1. The van der Waals surface area contributed by atoms with Gasteiger partial charge in [0.05, 0.1) is 5.75 Å². The van der Waals surface area contributed by atoms with Crippen LogP contribution < -0.4 is 10.1 Å². The van der Waals surface area contributed by atoms with Crippen LogP contribution in [-0.2, 0) is 17.9 Å². The van der Waals surface area contributed by atoms with Gasteiger partial charge in [-0.25, -0.2) is 0 Å². The highest BCUT2D eigenvalue weighted by atomic mass is 35.5. The van der Waals surface area contributed by atoms with Crippen LogP contribution in [0.2, 0.25) is 5.02 Å². The van der Waals surface area contributed by atoms with Gasteiger partial charge in [0.15, 0.2) is 11.0 Å². The molecule has 2 aromatic carbocycles. The third-order valence-corrected chi connectivity index (χ3v) is 4.86. The van der Waals surface area contributed by atoms with Crippen molar-refractivity contribution in [1.82, 2.24) is 14.8 Å². The molecule has 144 valence electrons. The van der Waals surface area contributed by atoms with Gasteiger partial charge in [-0.1, -0.05) is 53.7 Å². The molecule has 0 radical (unpaired) electrons. The van der Waals surface area contributed by atoms with Crippen molar-refractivity contribution < 1.29 is 9.53 Å². The topological polar surface area (TPSA) is 69.0 Å². The first kappa shape index (κ1) is 20.0. The summed E-state index contributed by atoms with van der Waals surface area (Å²) in [7, 11) is 0. The standard InChI is InChI=1S/C20H19ClN4O2S/c1-2-11-25-18(13-27-17-9-4-3-5-10-17)23-24-20(25)28-14-19(26)22-16-8-6-7-15(21)12-16/h2-10,12H,1,11,13-14H2,(H,22,26). The van der Waals surface area contributed by atoms with Crippen LogP contribution in [0.1, 0.15) is 5.82 Å². The first-order valence-corrected chi connectivity index (χ1v) is 9.91. The van der Waals surface area contributed by atoms with Crippen LogP contribution in [0.4, 0.5) is 5.69 Å². The van der Waals surface area contributed by atoms with Gasteiger partial charge in [-0.15, -0.1) is 16.8 Å². The van der Waals surface area contributed by atoms with Gasteiger partial charge in [0.25, 0.3) is 0 Å². The highest BCUT2D eigenvalue weighted by Gasteiger charge is 2.14. The van der Waals surface area contributed by atoms with Gasteiger partial charge in [-0.2, -0.15) is 0 Å². The summed E-state index contributed by atoms with van der Waals surface area (Å²) in [5.74, 6) is 1.47. The number of amides is 1. The number of ether oxygens (including phenoxy) is 1. The number of para-hydroxylation sites is 1. The molecule has 1 aromatic heterocycles. The second-order valence-electron chi connectivity index (χ2n) is 5.75. The van der Waals surface area contributed by atoms with Crippen molar-refractivity contribution in [2.24, 2.45) is 0 Å². The maximum Gasteiger partial charge on any atom is 0.234 e. The average molecular weight is 415 g/mol. The zero-order valence-electron chi connectivity index (χ0n) is 15.0. The van der Waals surface area contributed by atoms with Crippen molar-refractivity contribution in [3.63, 3.8) is 0 Å². The van der Waals surface area contributed by atoms with Crippen LogP contribution in [0, 0.1) is 0 Å². The Labute approximate surface area is 172 Å². The van der Waals surface area contributed by atoms with E-state index in [1.165, 1.54) is 11.8 Å². The van der Waals surface area contributed by atoms with Crippen molar-refractivity contribution in [3.05, 3.63) is 78.1 Å². The Bertz CT molecular complexity index is 946. The van der Waals surface area contributed by atoms with Crippen LogP contribution in [0.3, 0.4) is 0 Å². The lowest BCUT2D eigenvalue weighted by molar-refractivity contribution is -0.113. The number of carbonyl (C=O) groups excluding carboxylic acids is 1. The molecule has 0 aliphatic heterocycles. The molecule has 1 heterocycles. The van der Waals surface area contributed by atoms with Gasteiger partial charge in [-0.05, 0) is 30.3 Å². The summed E-state index contributed by atoms with van der Waals surface area (Å²) in [6.45, 7) is 4.58. The third-order valence-electron chi connectivity index (χ3n) is 3.66. The van der Waals surface area contributed by atoms with Crippen LogP contribution in [-0.4, -0.2) is 26.4 Å². The zero-order valence-corrected chi connectivity index (χ0v) is 16.6. The Morgan fingerprint density at radius 3 is 2.79 bits per heavy atom. The molecule has 1 N–H and O–H groups in total. The molecule has 0 aliphatic carbocycles. The second-order valence-corrected chi connectivity index (χ2v) is 7.13. The molecule has 3 aromatic rings. The fourth-order valence-corrected chi connectivity index (χ4v) is 3.36. The van der Waals surface area contributed by atoms with E-state index >= 15 is 0 Å². The van der Waals surface area contributed by atoms with Gasteiger partial charge >= 0.3 is 0 Å². The maximum atomic E-state index is 12.2. The summed E-state index contributed by atoms with van der Waals surface area (Å²) in [6.07, 6.45) is 1.76. The first-order chi connectivity index (χ1) is 13.7. The lowest BCUT2D eigenvalue weighted by Gasteiger charge is -2.09. The fourth-order valence-electron chi connectivity index (χ4n) is 2.40. The summed E-state index contributed by atoms with van der Waals surface area (Å²) in [4.78, 5) is 12.2. The van der Waals surface area contributed by atoms with Crippen molar-refractivity contribution >= 4 is 35.0 Å². The number of hydrogen-bond acceptors (Lipinski definition) is 5. The van der Waals surface area contributed by atoms with Crippen molar-refractivity contribution in [1.29, 1.82) is 0 Å². The molecule has 0 aliphatic rings. The van der Waals surface area contributed by atoms with Gasteiger partial charge in [0.2, 0.25) is 5.91 Å². The monoisotopic (exact) mass is 414 g/mol. The molecule has 0 unspecified atom stereocenters. The van der Waals surface area contributed by atoms with E-state index in [2.05, 4.69) is 22.1 Å². The Kier molecular flexibility index (Phi) is 7.11. The Hall–Kier alpha value is -2.77. The van der Waals surface area contributed by atoms with E-state index in [0.29, 0.717) is 28.2 Å². The zero-order chi connectivity index (χ0) is 19.8. The second kappa shape index (κ2) is 9.96. The first-order valence-electron chi connectivity index (χ1n) is 8.55. The smallest absolute Gasteiger partial charge is 0.234 e. The lowest BCUT2D eigenvalue weighted by atomic mass is 10.3. The number of nitrogens with zero attached hydrogens (tertiary/aromatic N) is 3. The third kappa shape index (κ3) is 5.61. The average Bonchev–Trinajstić information content (AvgIpc) is 3.08. The van der Waals surface area contributed by atoms with Gasteiger partial charge < -0.3 is 10.1 Å². The molecule has 0 saturated carbocycles. The largest absolute Gasteiger partial charge is 0.486 e. The number of carbonyl (C=O) groups is 1. The number of benzene rings is 2. The van der Waals surface area contributed by atoms with Gasteiger partial charge in [0.1, 0.15) is 12.4 Å². The van der Waals surface area contributed by atoms with E-state index < -0.39 is 0 Å². The number of thioether (sulfide) groups is 1. The van der Waals surface area contributed by atoms with E-state index in [4.69, 9.17) is 16.3 Å². The van der Waals surface area contributed by atoms with E-state index in [1.807, 2.05) is 34.9 Å². The minimum Gasteiger partial charge on any atom is -0.486 e. The van der Waals surface area contributed by atoms with Crippen LogP contribution >= 0.6 is 23.4 Å². The number of allylic oxidation sites excluding steroid dienone is 1. The molecule has 0 fully saturated rings. The normalized spacial score (nSPS) is 10.5.